The highest BCUT2D eigenvalue weighted by Gasteiger charge is 2.32. The zero-order valence-electron chi connectivity index (χ0n) is 11.3. The molecule has 6 heteroatoms. The van der Waals surface area contributed by atoms with Gasteiger partial charge in [-0.3, -0.25) is 0 Å². The van der Waals surface area contributed by atoms with E-state index in [4.69, 9.17) is 10.5 Å². The molecule has 106 valence electrons. The molecule has 1 fully saturated rings. The van der Waals surface area contributed by atoms with Crippen LogP contribution in [-0.2, 0) is 14.8 Å². The molecule has 0 unspecified atom stereocenters. The van der Waals surface area contributed by atoms with Crippen molar-refractivity contribution < 1.29 is 13.2 Å². The number of nitrogen functional groups attached to an aromatic ring is 1. The van der Waals surface area contributed by atoms with Crippen molar-refractivity contribution in [1.82, 2.24) is 4.72 Å². The van der Waals surface area contributed by atoms with E-state index in [0.29, 0.717) is 31.7 Å². The van der Waals surface area contributed by atoms with Gasteiger partial charge in [-0.25, -0.2) is 13.1 Å². The van der Waals surface area contributed by atoms with Crippen molar-refractivity contribution in [3.05, 3.63) is 23.8 Å². The van der Waals surface area contributed by atoms with Crippen molar-refractivity contribution in [2.24, 2.45) is 0 Å². The Morgan fingerprint density at radius 1 is 1.32 bits per heavy atom. The summed E-state index contributed by atoms with van der Waals surface area (Å²) in [5, 5.41) is 0. The maximum atomic E-state index is 12.4. The first-order valence-electron chi connectivity index (χ1n) is 6.30. The van der Waals surface area contributed by atoms with Gasteiger partial charge in [0.2, 0.25) is 10.0 Å². The van der Waals surface area contributed by atoms with Crippen LogP contribution < -0.4 is 10.5 Å². The molecule has 5 nitrogen and oxygen atoms in total. The van der Waals surface area contributed by atoms with Crippen LogP contribution in [0.4, 0.5) is 5.69 Å². The molecule has 1 heterocycles. The van der Waals surface area contributed by atoms with Crippen LogP contribution in [0.25, 0.3) is 0 Å². The predicted octanol–water partition coefficient (Wildman–Crippen LogP) is 1.42. The minimum atomic E-state index is -3.54. The Balaban J connectivity index is 2.24. The molecule has 1 aromatic rings. The number of hydrogen-bond acceptors (Lipinski definition) is 4. The van der Waals surface area contributed by atoms with E-state index in [1.807, 2.05) is 13.8 Å². The van der Waals surface area contributed by atoms with Gasteiger partial charge in [-0.1, -0.05) is 6.07 Å². The van der Waals surface area contributed by atoms with E-state index in [0.717, 1.165) is 5.56 Å². The number of sulfonamides is 1. The van der Waals surface area contributed by atoms with Gasteiger partial charge in [0.05, 0.1) is 4.90 Å². The monoisotopic (exact) mass is 284 g/mol. The summed E-state index contributed by atoms with van der Waals surface area (Å²) in [6, 6.07) is 4.80. The highest BCUT2D eigenvalue weighted by Crippen LogP contribution is 2.24. The quantitative estimate of drug-likeness (QED) is 0.823. The minimum Gasteiger partial charge on any atom is -0.398 e. The van der Waals surface area contributed by atoms with Crippen molar-refractivity contribution in [3.63, 3.8) is 0 Å². The number of ether oxygens (including phenoxy) is 1. The fraction of sp³-hybridized carbons (Fsp3) is 0.538. The van der Waals surface area contributed by atoms with Gasteiger partial charge >= 0.3 is 0 Å². The van der Waals surface area contributed by atoms with Gasteiger partial charge in [0, 0.05) is 24.4 Å². The lowest BCUT2D eigenvalue weighted by Crippen LogP contribution is -2.49. The van der Waals surface area contributed by atoms with Crippen LogP contribution in [0.3, 0.4) is 0 Å². The van der Waals surface area contributed by atoms with E-state index in [9.17, 15) is 8.42 Å². The normalized spacial score (nSPS) is 19.3. The summed E-state index contributed by atoms with van der Waals surface area (Å²) < 4.78 is 32.8. The maximum absolute atomic E-state index is 12.4. The van der Waals surface area contributed by atoms with Gasteiger partial charge < -0.3 is 10.5 Å². The third-order valence-electron chi connectivity index (χ3n) is 3.54. The number of anilines is 1. The topological polar surface area (TPSA) is 81.4 Å². The summed E-state index contributed by atoms with van der Waals surface area (Å²) in [6.45, 7) is 4.91. The molecular weight excluding hydrogens is 264 g/mol. The second kappa shape index (κ2) is 5.11. The molecule has 2 rings (SSSR count). The average molecular weight is 284 g/mol. The second-order valence-corrected chi connectivity index (χ2v) is 6.98. The van der Waals surface area contributed by atoms with Crippen LogP contribution in [0.1, 0.15) is 25.3 Å². The van der Waals surface area contributed by atoms with Crippen LogP contribution in [-0.4, -0.2) is 27.2 Å². The fourth-order valence-electron chi connectivity index (χ4n) is 2.09. The fourth-order valence-corrected chi connectivity index (χ4v) is 3.59. The summed E-state index contributed by atoms with van der Waals surface area (Å²) in [5.74, 6) is 0. The molecule has 0 aromatic heterocycles. The Morgan fingerprint density at radius 3 is 2.53 bits per heavy atom. The standard InChI is InChI=1S/C13H20N2O3S/c1-10-3-4-11(9-12(10)14)19(16,17)15-13(2)5-7-18-8-6-13/h3-4,9,15H,5-8,14H2,1-2H3. The molecule has 3 N–H and O–H groups in total. The lowest BCUT2D eigenvalue weighted by Gasteiger charge is -2.34. The summed E-state index contributed by atoms with van der Waals surface area (Å²) in [6.07, 6.45) is 1.35. The number of nitrogens with one attached hydrogen (secondary N) is 1. The Hall–Kier alpha value is -1.11. The van der Waals surface area contributed by atoms with Crippen LogP contribution >= 0.6 is 0 Å². The average Bonchev–Trinajstić information content (AvgIpc) is 2.32. The zero-order chi connectivity index (χ0) is 14.1. The van der Waals surface area contributed by atoms with E-state index in [2.05, 4.69) is 4.72 Å². The third kappa shape index (κ3) is 3.26. The minimum absolute atomic E-state index is 0.211. The largest absolute Gasteiger partial charge is 0.398 e. The van der Waals surface area contributed by atoms with Crippen molar-refractivity contribution in [1.29, 1.82) is 0 Å². The van der Waals surface area contributed by atoms with Gasteiger partial charge in [0.1, 0.15) is 0 Å². The summed E-state index contributed by atoms with van der Waals surface area (Å²) in [4.78, 5) is 0.211. The van der Waals surface area contributed by atoms with Crippen LogP contribution in [0, 0.1) is 6.92 Å². The third-order valence-corrected chi connectivity index (χ3v) is 5.17. The molecule has 1 aliphatic heterocycles. The molecule has 0 aliphatic carbocycles. The number of nitrogens with two attached hydrogens (primary N) is 1. The number of benzene rings is 1. The summed E-state index contributed by atoms with van der Waals surface area (Å²) >= 11 is 0. The molecule has 19 heavy (non-hydrogen) atoms. The smallest absolute Gasteiger partial charge is 0.241 e. The van der Waals surface area contributed by atoms with Gasteiger partial charge in [0.25, 0.3) is 0 Å². The van der Waals surface area contributed by atoms with E-state index in [-0.39, 0.29) is 4.90 Å². The van der Waals surface area contributed by atoms with Crippen molar-refractivity contribution in [2.45, 2.75) is 37.1 Å². The molecule has 0 bridgehead atoms. The molecule has 1 saturated heterocycles. The van der Waals surface area contributed by atoms with Gasteiger partial charge in [-0.15, -0.1) is 0 Å². The molecule has 0 amide bonds. The van der Waals surface area contributed by atoms with Gasteiger partial charge in [0.15, 0.2) is 0 Å². The maximum Gasteiger partial charge on any atom is 0.241 e. The Kier molecular flexibility index (Phi) is 3.85. The van der Waals surface area contributed by atoms with Crippen molar-refractivity contribution >= 4 is 15.7 Å². The Bertz CT molecular complexity index is 563. The lowest BCUT2D eigenvalue weighted by molar-refractivity contribution is 0.0537. The highest BCUT2D eigenvalue weighted by atomic mass is 32.2. The second-order valence-electron chi connectivity index (χ2n) is 5.30. The summed E-state index contributed by atoms with van der Waals surface area (Å²) in [5.41, 5.74) is 6.68. The molecule has 0 saturated carbocycles. The predicted molar refractivity (Wildman–Crippen MR) is 74.4 cm³/mol. The molecule has 0 radical (unpaired) electrons. The molecule has 0 atom stereocenters. The Labute approximate surface area is 114 Å². The number of hydrogen-bond donors (Lipinski definition) is 2. The van der Waals surface area contributed by atoms with E-state index < -0.39 is 15.6 Å². The van der Waals surface area contributed by atoms with Gasteiger partial charge in [-0.05, 0) is 44.4 Å². The van der Waals surface area contributed by atoms with E-state index in [1.165, 1.54) is 6.07 Å². The lowest BCUT2D eigenvalue weighted by atomic mass is 9.94. The van der Waals surface area contributed by atoms with E-state index >= 15 is 0 Å². The molecule has 1 aromatic carbocycles. The molecule has 0 spiro atoms. The molecule has 1 aliphatic rings. The van der Waals surface area contributed by atoms with Crippen molar-refractivity contribution in [2.75, 3.05) is 18.9 Å². The number of aryl methyl sites for hydroxylation is 1. The van der Waals surface area contributed by atoms with Crippen molar-refractivity contribution in [3.8, 4) is 0 Å². The highest BCUT2D eigenvalue weighted by molar-refractivity contribution is 7.89. The van der Waals surface area contributed by atoms with Gasteiger partial charge in [-0.2, -0.15) is 0 Å². The van der Waals surface area contributed by atoms with Crippen LogP contribution in [0.5, 0.6) is 0 Å². The Morgan fingerprint density at radius 2 is 1.95 bits per heavy atom. The first-order chi connectivity index (χ1) is 8.82. The first kappa shape index (κ1) is 14.3. The van der Waals surface area contributed by atoms with Crippen LogP contribution in [0.2, 0.25) is 0 Å². The zero-order valence-corrected chi connectivity index (χ0v) is 12.1. The number of rotatable bonds is 3. The SMILES string of the molecule is Cc1ccc(S(=O)(=O)NC2(C)CCOCC2)cc1N. The van der Waals surface area contributed by atoms with Crippen LogP contribution in [0.15, 0.2) is 23.1 Å². The first-order valence-corrected chi connectivity index (χ1v) is 7.79. The van der Waals surface area contributed by atoms with E-state index in [1.54, 1.807) is 12.1 Å². The summed E-state index contributed by atoms with van der Waals surface area (Å²) in [7, 11) is -3.54. The molecular formula is C13H20N2O3S.